The van der Waals surface area contributed by atoms with E-state index in [0.717, 1.165) is 0 Å². The summed E-state index contributed by atoms with van der Waals surface area (Å²) in [6.07, 6.45) is 2.91. The molecular weight excluding hydrogens is 377 g/mol. The fourth-order valence-corrected chi connectivity index (χ4v) is 2.35. The number of hydrogen-bond donors (Lipinski definition) is 2. The van der Waals surface area contributed by atoms with Crippen LogP contribution in [0, 0.1) is 0 Å². The molecule has 0 heterocycles. The summed E-state index contributed by atoms with van der Waals surface area (Å²) < 4.78 is 25.4. The monoisotopic (exact) mass is 408 g/mol. The number of phosphoric ester groups is 1. The minimum atomic E-state index is -4.57. The zero-order valence-electron chi connectivity index (χ0n) is 16.6. The predicted octanol–water partition coefficient (Wildman–Crippen LogP) is 1.56. The maximum absolute atomic E-state index is 11.9. The number of ether oxygens (including phenoxy) is 2. The molecule has 0 aromatic carbocycles. The van der Waals surface area contributed by atoms with Gasteiger partial charge in [0.25, 0.3) is 0 Å². The van der Waals surface area contributed by atoms with Gasteiger partial charge in [0.2, 0.25) is 0 Å². The minimum Gasteiger partial charge on any atom is -0.462 e. The molecule has 0 rings (SSSR count). The molecule has 0 saturated carbocycles. The average molecular weight is 408 g/mol. The van der Waals surface area contributed by atoms with Gasteiger partial charge in [-0.15, -0.1) is 0 Å². The lowest BCUT2D eigenvalue weighted by atomic mass is 10.1. The van der Waals surface area contributed by atoms with Crippen molar-refractivity contribution in [2.24, 2.45) is 0 Å². The molecule has 0 fully saturated rings. The van der Waals surface area contributed by atoms with Crippen molar-refractivity contribution >= 4 is 19.8 Å². The lowest BCUT2D eigenvalue weighted by molar-refractivity contribution is -0.896. The van der Waals surface area contributed by atoms with Gasteiger partial charge in [-0.2, -0.15) is 0 Å². The van der Waals surface area contributed by atoms with Gasteiger partial charge in [-0.1, -0.05) is 12.7 Å². The van der Waals surface area contributed by atoms with Crippen LogP contribution < -0.4 is 0 Å². The summed E-state index contributed by atoms with van der Waals surface area (Å²) in [4.78, 5) is 40.4. The molecule has 27 heavy (non-hydrogen) atoms. The van der Waals surface area contributed by atoms with Crippen LogP contribution in [0.2, 0.25) is 0 Å². The number of carbonyl (C=O) groups excluding carboxylic acids is 2. The Bertz CT molecular complexity index is 603. The first-order valence-corrected chi connectivity index (χ1v) is 9.94. The van der Waals surface area contributed by atoms with Crippen molar-refractivity contribution in [2.75, 3.05) is 41.0 Å². The predicted molar refractivity (Wildman–Crippen MR) is 99.5 cm³/mol. The van der Waals surface area contributed by atoms with Crippen LogP contribution in [0.5, 0.6) is 0 Å². The van der Waals surface area contributed by atoms with Crippen LogP contribution in [0.25, 0.3) is 0 Å². The number of phosphoric acid groups is 1. The summed E-state index contributed by atoms with van der Waals surface area (Å²) >= 11 is 0. The molecule has 2 N–H and O–H groups in total. The zero-order valence-corrected chi connectivity index (χ0v) is 17.5. The first-order valence-electron chi connectivity index (χ1n) is 8.41. The number of esters is 2. The summed E-state index contributed by atoms with van der Waals surface area (Å²) in [5, 5.41) is 0. The molecule has 0 radical (unpaired) electrons. The maximum Gasteiger partial charge on any atom is 0.469 e. The average Bonchev–Trinajstić information content (AvgIpc) is 2.51. The van der Waals surface area contributed by atoms with E-state index >= 15 is 0 Å². The Morgan fingerprint density at radius 3 is 2.11 bits per heavy atom. The largest absolute Gasteiger partial charge is 0.469 e. The standard InChI is InChI=1S/C17H30NO8P/c1-13(2)16(19)24-10-9-15(18(4,5)6)8-7-14(3)17(20)25-11-12-26-27(21,22)23/h7,15H,1,8-12H2,2-6H3,(H-,21,22,23)/p+1. The second-order valence-corrected chi connectivity index (χ2v) is 8.30. The highest BCUT2D eigenvalue weighted by molar-refractivity contribution is 7.46. The maximum atomic E-state index is 11.9. The lowest BCUT2D eigenvalue weighted by Crippen LogP contribution is -2.45. The van der Waals surface area contributed by atoms with Gasteiger partial charge in [-0.05, 0) is 13.8 Å². The minimum absolute atomic E-state index is 0.101. The Balaban J connectivity index is 4.56. The third kappa shape index (κ3) is 12.5. The van der Waals surface area contributed by atoms with Gasteiger partial charge >= 0.3 is 19.8 Å². The first-order chi connectivity index (χ1) is 12.2. The first kappa shape index (κ1) is 25.5. The van der Waals surface area contributed by atoms with E-state index in [1.54, 1.807) is 19.9 Å². The molecule has 0 amide bonds. The van der Waals surface area contributed by atoms with Gasteiger partial charge in [0.1, 0.15) is 6.61 Å². The fourth-order valence-electron chi connectivity index (χ4n) is 2.03. The van der Waals surface area contributed by atoms with Crippen LogP contribution in [0.1, 0.15) is 26.7 Å². The molecule has 0 aliphatic rings. The molecule has 1 unspecified atom stereocenters. The Morgan fingerprint density at radius 1 is 1.07 bits per heavy atom. The van der Waals surface area contributed by atoms with E-state index < -0.39 is 19.8 Å². The van der Waals surface area contributed by atoms with E-state index in [1.165, 1.54) is 0 Å². The van der Waals surface area contributed by atoms with Gasteiger partial charge in [0, 0.05) is 24.0 Å². The van der Waals surface area contributed by atoms with Crippen molar-refractivity contribution in [3.63, 3.8) is 0 Å². The molecule has 0 saturated heterocycles. The Labute approximate surface area is 160 Å². The summed E-state index contributed by atoms with van der Waals surface area (Å²) in [5.74, 6) is -1.01. The van der Waals surface area contributed by atoms with Gasteiger partial charge in [-0.25, -0.2) is 14.2 Å². The van der Waals surface area contributed by atoms with Crippen molar-refractivity contribution in [1.29, 1.82) is 0 Å². The number of nitrogens with zero attached hydrogens (tertiary/aromatic N) is 1. The van der Waals surface area contributed by atoms with Crippen molar-refractivity contribution in [1.82, 2.24) is 0 Å². The quantitative estimate of drug-likeness (QED) is 0.164. The van der Waals surface area contributed by atoms with E-state index in [-0.39, 0.29) is 25.9 Å². The normalized spacial score (nSPS) is 13.8. The van der Waals surface area contributed by atoms with E-state index in [2.05, 4.69) is 11.1 Å². The second kappa shape index (κ2) is 11.4. The molecule has 1 atom stereocenters. The van der Waals surface area contributed by atoms with Gasteiger partial charge in [0.15, 0.2) is 0 Å². The zero-order chi connectivity index (χ0) is 21.3. The highest BCUT2D eigenvalue weighted by atomic mass is 31.2. The van der Waals surface area contributed by atoms with Crippen molar-refractivity contribution in [3.8, 4) is 0 Å². The highest BCUT2D eigenvalue weighted by Gasteiger charge is 2.23. The second-order valence-electron chi connectivity index (χ2n) is 7.06. The van der Waals surface area contributed by atoms with E-state index in [0.29, 0.717) is 28.5 Å². The highest BCUT2D eigenvalue weighted by Crippen LogP contribution is 2.35. The Kier molecular flexibility index (Phi) is 10.7. The van der Waals surface area contributed by atoms with Crippen LogP contribution >= 0.6 is 7.82 Å². The van der Waals surface area contributed by atoms with E-state index in [4.69, 9.17) is 19.3 Å². The van der Waals surface area contributed by atoms with Crippen LogP contribution in [-0.4, -0.2) is 73.2 Å². The molecule has 0 bridgehead atoms. The fraction of sp³-hybridized carbons (Fsp3) is 0.647. The number of quaternary nitrogens is 1. The molecule has 0 aliphatic carbocycles. The molecule has 0 aliphatic heterocycles. The number of hydrogen-bond acceptors (Lipinski definition) is 6. The van der Waals surface area contributed by atoms with E-state index in [9.17, 15) is 14.2 Å². The summed E-state index contributed by atoms with van der Waals surface area (Å²) in [6.45, 7) is 6.32. The summed E-state index contributed by atoms with van der Waals surface area (Å²) in [6, 6.07) is 0.101. The summed E-state index contributed by atoms with van der Waals surface area (Å²) in [5.41, 5.74) is 0.724. The van der Waals surface area contributed by atoms with Gasteiger partial charge in [0.05, 0.1) is 40.4 Å². The van der Waals surface area contributed by atoms with Crippen LogP contribution in [-0.2, 0) is 28.2 Å². The van der Waals surface area contributed by atoms with Crippen molar-refractivity contribution < 1.29 is 42.4 Å². The van der Waals surface area contributed by atoms with Crippen molar-refractivity contribution in [3.05, 3.63) is 23.8 Å². The third-order valence-corrected chi connectivity index (χ3v) is 4.24. The number of rotatable bonds is 12. The third-order valence-electron chi connectivity index (χ3n) is 3.72. The van der Waals surface area contributed by atoms with Crippen LogP contribution in [0.3, 0.4) is 0 Å². The molecule has 9 nitrogen and oxygen atoms in total. The van der Waals surface area contributed by atoms with Crippen molar-refractivity contribution in [2.45, 2.75) is 32.7 Å². The molecular formula is C17H31NO8P+. The molecule has 10 heteroatoms. The topological polar surface area (TPSA) is 119 Å². The SMILES string of the molecule is C=C(C)C(=O)OCCC(CC=C(C)C(=O)OCCOP(=O)(O)O)[N+](C)(C)C. The van der Waals surface area contributed by atoms with Crippen LogP contribution in [0.15, 0.2) is 23.8 Å². The lowest BCUT2D eigenvalue weighted by Gasteiger charge is -2.33. The molecule has 0 aromatic rings. The number of carbonyl (C=O) groups is 2. The van der Waals surface area contributed by atoms with Gasteiger partial charge in [-0.3, -0.25) is 4.52 Å². The van der Waals surface area contributed by atoms with E-state index in [1.807, 2.05) is 21.1 Å². The molecule has 0 aromatic heterocycles. The van der Waals surface area contributed by atoms with Crippen LogP contribution in [0.4, 0.5) is 0 Å². The summed E-state index contributed by atoms with van der Waals surface area (Å²) in [7, 11) is 1.45. The molecule has 0 spiro atoms. The Hall–Kier alpha value is -1.51. The Morgan fingerprint density at radius 2 is 1.63 bits per heavy atom. The smallest absolute Gasteiger partial charge is 0.462 e. The van der Waals surface area contributed by atoms with Gasteiger partial charge < -0.3 is 23.7 Å². The molecule has 156 valence electrons.